The monoisotopic (exact) mass is 454 g/mol. The van der Waals surface area contributed by atoms with Crippen LogP contribution in [0.15, 0.2) is 23.3 Å². The van der Waals surface area contributed by atoms with Crippen LogP contribution < -0.4 is 0 Å². The Balaban J connectivity index is 1.76. The first-order valence-electron chi connectivity index (χ1n) is 13.3. The minimum absolute atomic E-state index is 0.179. The molecular formula is C30H46O3. The standard InChI is InChI=1S/C30H46O3/c1-19(2)10-9-11-20(3)21-12-16-28(7)29(21,8)25(32)18-23-27(6)15-14-24(31)26(4,5)22(27)13-17-30(23,28)33/h10,18,20-22,33H,9,11-17H2,1-8H3/t20-,21-,22+,27+,28-,29+,30+/m1/s1. The first-order valence-corrected chi connectivity index (χ1v) is 13.3. The first kappa shape index (κ1) is 24.9. The molecule has 3 fully saturated rings. The van der Waals surface area contributed by atoms with E-state index in [0.29, 0.717) is 24.5 Å². The number of rotatable bonds is 4. The molecule has 4 rings (SSSR count). The van der Waals surface area contributed by atoms with Crippen LogP contribution in [0.1, 0.15) is 107 Å². The fourth-order valence-electron chi connectivity index (χ4n) is 9.14. The molecule has 0 unspecified atom stereocenters. The molecular weight excluding hydrogens is 408 g/mol. The van der Waals surface area contributed by atoms with Crippen molar-refractivity contribution in [1.82, 2.24) is 0 Å². The van der Waals surface area contributed by atoms with Crippen LogP contribution in [0.3, 0.4) is 0 Å². The van der Waals surface area contributed by atoms with E-state index >= 15 is 0 Å². The Kier molecular flexibility index (Phi) is 5.76. The van der Waals surface area contributed by atoms with Crippen molar-refractivity contribution in [2.45, 2.75) is 112 Å². The smallest absolute Gasteiger partial charge is 0.162 e. The summed E-state index contributed by atoms with van der Waals surface area (Å²) >= 11 is 0. The highest BCUT2D eigenvalue weighted by Gasteiger charge is 2.73. The van der Waals surface area contributed by atoms with Crippen molar-refractivity contribution in [2.75, 3.05) is 0 Å². The Morgan fingerprint density at radius 2 is 1.76 bits per heavy atom. The second kappa shape index (κ2) is 7.64. The van der Waals surface area contributed by atoms with Crippen LogP contribution in [0, 0.1) is 39.4 Å². The van der Waals surface area contributed by atoms with E-state index in [1.54, 1.807) is 0 Å². The summed E-state index contributed by atoms with van der Waals surface area (Å²) in [6, 6.07) is 0. The molecule has 0 radical (unpaired) electrons. The Labute approximate surface area is 201 Å². The second-order valence-corrected chi connectivity index (χ2v) is 13.5. The van der Waals surface area contributed by atoms with Crippen LogP contribution in [-0.2, 0) is 9.59 Å². The molecule has 184 valence electrons. The van der Waals surface area contributed by atoms with Crippen LogP contribution in [-0.4, -0.2) is 22.3 Å². The van der Waals surface area contributed by atoms with E-state index in [4.69, 9.17) is 0 Å². The Hall–Kier alpha value is -1.22. The first-order chi connectivity index (χ1) is 15.2. The van der Waals surface area contributed by atoms with Crippen molar-refractivity contribution < 1.29 is 14.7 Å². The molecule has 7 atom stereocenters. The van der Waals surface area contributed by atoms with Gasteiger partial charge in [0.2, 0.25) is 0 Å². The molecule has 4 aliphatic rings. The summed E-state index contributed by atoms with van der Waals surface area (Å²) in [5, 5.41) is 12.6. The van der Waals surface area contributed by atoms with Gasteiger partial charge in [-0.3, -0.25) is 9.59 Å². The van der Waals surface area contributed by atoms with Crippen molar-refractivity contribution >= 4 is 11.6 Å². The van der Waals surface area contributed by atoms with Crippen LogP contribution in [0.25, 0.3) is 0 Å². The normalized spacial score (nSPS) is 44.9. The van der Waals surface area contributed by atoms with Gasteiger partial charge in [-0.2, -0.15) is 0 Å². The van der Waals surface area contributed by atoms with Gasteiger partial charge in [0, 0.05) is 22.7 Å². The molecule has 0 heterocycles. The summed E-state index contributed by atoms with van der Waals surface area (Å²) in [4.78, 5) is 26.9. The van der Waals surface area contributed by atoms with E-state index in [1.165, 1.54) is 5.57 Å². The van der Waals surface area contributed by atoms with Gasteiger partial charge in [0.1, 0.15) is 5.78 Å². The van der Waals surface area contributed by atoms with Gasteiger partial charge in [0.25, 0.3) is 0 Å². The summed E-state index contributed by atoms with van der Waals surface area (Å²) in [6.45, 7) is 17.4. The maximum Gasteiger partial charge on any atom is 0.162 e. The van der Waals surface area contributed by atoms with E-state index < -0.39 is 21.8 Å². The summed E-state index contributed by atoms with van der Waals surface area (Å²) in [5.74, 6) is 1.46. The number of Topliss-reactive ketones (excluding diaryl/α,β-unsaturated/α-hetero) is 1. The maximum atomic E-state index is 14.1. The third kappa shape index (κ3) is 3.09. The Morgan fingerprint density at radius 1 is 1.09 bits per heavy atom. The molecule has 0 saturated heterocycles. The zero-order valence-electron chi connectivity index (χ0n) is 22.3. The topological polar surface area (TPSA) is 54.4 Å². The summed E-state index contributed by atoms with van der Waals surface area (Å²) in [7, 11) is 0. The molecule has 0 amide bonds. The highest BCUT2D eigenvalue weighted by molar-refractivity contribution is 5.99. The largest absolute Gasteiger partial charge is 0.385 e. The number of ketones is 2. The van der Waals surface area contributed by atoms with Gasteiger partial charge in [0.15, 0.2) is 5.78 Å². The van der Waals surface area contributed by atoms with Gasteiger partial charge in [-0.05, 0) is 93.6 Å². The van der Waals surface area contributed by atoms with Crippen molar-refractivity contribution in [3.05, 3.63) is 23.3 Å². The number of hydrogen-bond donors (Lipinski definition) is 1. The predicted molar refractivity (Wildman–Crippen MR) is 134 cm³/mol. The van der Waals surface area contributed by atoms with Gasteiger partial charge < -0.3 is 5.11 Å². The number of carbonyl (C=O) groups is 2. The third-order valence-corrected chi connectivity index (χ3v) is 11.5. The number of aliphatic hydroxyl groups is 1. The van der Waals surface area contributed by atoms with Gasteiger partial charge in [-0.1, -0.05) is 53.2 Å². The van der Waals surface area contributed by atoms with E-state index in [2.05, 4.69) is 61.5 Å². The minimum Gasteiger partial charge on any atom is -0.385 e. The number of allylic oxidation sites excluding steroid dienone is 3. The number of hydrogen-bond acceptors (Lipinski definition) is 3. The molecule has 4 aliphatic carbocycles. The molecule has 1 N–H and O–H groups in total. The maximum absolute atomic E-state index is 14.1. The minimum atomic E-state index is -0.967. The van der Waals surface area contributed by atoms with Crippen LogP contribution in [0.4, 0.5) is 0 Å². The fourth-order valence-corrected chi connectivity index (χ4v) is 9.14. The lowest BCUT2D eigenvalue weighted by atomic mass is 9.39. The zero-order valence-corrected chi connectivity index (χ0v) is 22.3. The molecule has 0 spiro atoms. The fraction of sp³-hybridized carbons (Fsp3) is 0.800. The molecule has 0 aromatic rings. The molecule has 3 saturated carbocycles. The predicted octanol–water partition coefficient (Wildman–Crippen LogP) is 6.84. The number of carbonyl (C=O) groups excluding carboxylic acids is 2. The van der Waals surface area contributed by atoms with Gasteiger partial charge in [-0.15, -0.1) is 0 Å². The summed E-state index contributed by atoms with van der Waals surface area (Å²) in [5.41, 5.74) is -0.371. The van der Waals surface area contributed by atoms with Gasteiger partial charge in [0.05, 0.1) is 5.60 Å². The molecule has 3 nitrogen and oxygen atoms in total. The average molecular weight is 455 g/mol. The van der Waals surface area contributed by atoms with E-state index in [1.807, 2.05) is 6.08 Å². The lowest BCUT2D eigenvalue weighted by molar-refractivity contribution is -0.181. The summed E-state index contributed by atoms with van der Waals surface area (Å²) < 4.78 is 0. The van der Waals surface area contributed by atoms with E-state index in [-0.39, 0.29) is 23.0 Å². The molecule has 3 heteroatoms. The molecule has 33 heavy (non-hydrogen) atoms. The van der Waals surface area contributed by atoms with Crippen LogP contribution in [0.5, 0.6) is 0 Å². The van der Waals surface area contributed by atoms with Gasteiger partial charge >= 0.3 is 0 Å². The Bertz CT molecular complexity index is 921. The molecule has 0 aromatic heterocycles. The van der Waals surface area contributed by atoms with Gasteiger partial charge in [-0.25, -0.2) is 0 Å². The van der Waals surface area contributed by atoms with Crippen molar-refractivity contribution in [2.24, 2.45) is 39.4 Å². The van der Waals surface area contributed by atoms with Crippen molar-refractivity contribution in [1.29, 1.82) is 0 Å². The van der Waals surface area contributed by atoms with Crippen molar-refractivity contribution in [3.63, 3.8) is 0 Å². The molecule has 0 aliphatic heterocycles. The SMILES string of the molecule is CC(C)=CCC[C@@H](C)[C@H]1CC[C@@]2(C)[C@]3(O)CC[C@H]4C(C)(C)C(=O)CC[C@]4(C)C3=CC(=O)[C@]12C. The lowest BCUT2D eigenvalue weighted by Crippen LogP contribution is -2.67. The van der Waals surface area contributed by atoms with Crippen molar-refractivity contribution in [3.8, 4) is 0 Å². The third-order valence-electron chi connectivity index (χ3n) is 11.5. The number of fused-ring (bicyclic) bond motifs is 5. The zero-order chi connectivity index (χ0) is 24.6. The quantitative estimate of drug-likeness (QED) is 0.473. The Morgan fingerprint density at radius 3 is 2.39 bits per heavy atom. The molecule has 0 bridgehead atoms. The van der Waals surface area contributed by atoms with E-state index in [9.17, 15) is 14.7 Å². The highest BCUT2D eigenvalue weighted by Crippen LogP contribution is 2.73. The average Bonchev–Trinajstić information content (AvgIpc) is 3.01. The van der Waals surface area contributed by atoms with Crippen LogP contribution >= 0.6 is 0 Å². The highest BCUT2D eigenvalue weighted by atomic mass is 16.3. The summed E-state index contributed by atoms with van der Waals surface area (Å²) in [6.07, 6.45) is 11.0. The second-order valence-electron chi connectivity index (χ2n) is 13.5. The van der Waals surface area contributed by atoms with Crippen LogP contribution in [0.2, 0.25) is 0 Å². The lowest BCUT2D eigenvalue weighted by Gasteiger charge is -2.65. The van der Waals surface area contributed by atoms with E-state index in [0.717, 1.165) is 44.1 Å². The molecule has 0 aromatic carbocycles.